The molecule has 0 spiro atoms. The van der Waals surface area contributed by atoms with Gasteiger partial charge in [0.05, 0.1) is 18.4 Å². The maximum atomic E-state index is 11.0. The van der Waals surface area contributed by atoms with Crippen molar-refractivity contribution in [2.24, 2.45) is 0 Å². The molecule has 94 valence electrons. The Morgan fingerprint density at radius 3 is 2.61 bits per heavy atom. The smallest absolute Gasteiger partial charge is 0.339 e. The van der Waals surface area contributed by atoms with Crippen molar-refractivity contribution < 1.29 is 9.90 Å². The number of carbonyl (C=O) groups is 1. The van der Waals surface area contributed by atoms with Gasteiger partial charge < -0.3 is 5.11 Å². The first-order valence-electron chi connectivity index (χ1n) is 5.64. The molecule has 5 heteroatoms. The van der Waals surface area contributed by atoms with E-state index in [1.807, 2.05) is 31.2 Å². The van der Waals surface area contributed by atoms with E-state index < -0.39 is 5.97 Å². The number of nitrogens with zero attached hydrogens (tertiary/aromatic N) is 2. The molecule has 1 heterocycles. The summed E-state index contributed by atoms with van der Waals surface area (Å²) in [5.41, 5.74) is 2.13. The van der Waals surface area contributed by atoms with Crippen LogP contribution in [0, 0.1) is 0 Å². The molecule has 0 aliphatic rings. The monoisotopic (exact) mass is 308 g/mol. The molecule has 0 atom stereocenters. The van der Waals surface area contributed by atoms with Crippen LogP contribution in [-0.4, -0.2) is 20.9 Å². The molecule has 2 rings (SSSR count). The summed E-state index contributed by atoms with van der Waals surface area (Å²) >= 11 is 3.38. The number of aromatic nitrogens is 2. The Morgan fingerprint density at radius 1 is 1.39 bits per heavy atom. The zero-order valence-electron chi connectivity index (χ0n) is 9.93. The topological polar surface area (TPSA) is 55.1 Å². The Hall–Kier alpha value is -1.62. The average molecular weight is 309 g/mol. The highest BCUT2D eigenvalue weighted by Crippen LogP contribution is 2.14. The van der Waals surface area contributed by atoms with Gasteiger partial charge in [-0.3, -0.25) is 4.68 Å². The van der Waals surface area contributed by atoms with E-state index in [-0.39, 0.29) is 5.56 Å². The minimum atomic E-state index is -0.922. The highest BCUT2D eigenvalue weighted by Gasteiger charge is 2.14. The number of hydrogen-bond acceptors (Lipinski definition) is 2. The van der Waals surface area contributed by atoms with Crippen LogP contribution in [0.5, 0.6) is 0 Å². The molecule has 0 aliphatic carbocycles. The predicted octanol–water partition coefficient (Wildman–Crippen LogP) is 2.95. The Morgan fingerprint density at radius 2 is 2.06 bits per heavy atom. The summed E-state index contributed by atoms with van der Waals surface area (Å²) in [6, 6.07) is 7.91. The average Bonchev–Trinajstić information content (AvgIpc) is 2.75. The molecule has 1 N–H and O–H groups in total. The van der Waals surface area contributed by atoms with Crippen LogP contribution in [-0.2, 0) is 13.0 Å². The third-order valence-electron chi connectivity index (χ3n) is 2.76. The van der Waals surface area contributed by atoms with Crippen molar-refractivity contribution in [1.82, 2.24) is 9.78 Å². The third-order valence-corrected chi connectivity index (χ3v) is 3.29. The van der Waals surface area contributed by atoms with E-state index in [0.717, 1.165) is 15.7 Å². The van der Waals surface area contributed by atoms with Crippen molar-refractivity contribution >= 4 is 21.9 Å². The first-order chi connectivity index (χ1) is 8.61. The minimum Gasteiger partial charge on any atom is -0.478 e. The molecule has 1 aromatic heterocycles. The van der Waals surface area contributed by atoms with Gasteiger partial charge in [0.1, 0.15) is 5.56 Å². The molecule has 0 aliphatic heterocycles. The number of rotatable bonds is 4. The number of carboxylic acids is 1. The normalized spacial score (nSPS) is 10.6. The van der Waals surface area contributed by atoms with Gasteiger partial charge in [-0.25, -0.2) is 4.79 Å². The Bertz CT molecular complexity index is 561. The molecular formula is C13H13BrN2O2. The first-order valence-corrected chi connectivity index (χ1v) is 6.43. The molecule has 0 unspecified atom stereocenters. The van der Waals surface area contributed by atoms with E-state index in [0.29, 0.717) is 13.0 Å². The Balaban J connectivity index is 2.29. The van der Waals surface area contributed by atoms with Gasteiger partial charge in [0.25, 0.3) is 0 Å². The second kappa shape index (κ2) is 5.35. The summed E-state index contributed by atoms with van der Waals surface area (Å²) < 4.78 is 2.76. The Labute approximate surface area is 113 Å². The second-order valence-electron chi connectivity index (χ2n) is 3.95. The summed E-state index contributed by atoms with van der Waals surface area (Å²) in [6.45, 7) is 2.52. The summed E-state index contributed by atoms with van der Waals surface area (Å²) in [7, 11) is 0. The van der Waals surface area contributed by atoms with Crippen LogP contribution in [0.3, 0.4) is 0 Å². The third kappa shape index (κ3) is 2.61. The van der Waals surface area contributed by atoms with Crippen LogP contribution in [0.4, 0.5) is 0 Å². The number of aromatic carboxylic acids is 1. The summed E-state index contributed by atoms with van der Waals surface area (Å²) in [6.07, 6.45) is 2.07. The van der Waals surface area contributed by atoms with E-state index in [2.05, 4.69) is 21.0 Å². The van der Waals surface area contributed by atoms with Crippen LogP contribution < -0.4 is 0 Å². The molecule has 0 bridgehead atoms. The van der Waals surface area contributed by atoms with Crippen LogP contribution in [0.1, 0.15) is 28.5 Å². The molecule has 18 heavy (non-hydrogen) atoms. The summed E-state index contributed by atoms with van der Waals surface area (Å²) in [4.78, 5) is 11.0. The van der Waals surface area contributed by atoms with Crippen molar-refractivity contribution in [2.75, 3.05) is 0 Å². The van der Waals surface area contributed by atoms with Crippen molar-refractivity contribution in [2.45, 2.75) is 19.9 Å². The van der Waals surface area contributed by atoms with Crippen molar-refractivity contribution in [3.8, 4) is 0 Å². The Kier molecular flexibility index (Phi) is 3.81. The molecule has 2 aromatic rings. The van der Waals surface area contributed by atoms with E-state index in [1.54, 1.807) is 4.68 Å². The van der Waals surface area contributed by atoms with Crippen molar-refractivity contribution in [1.29, 1.82) is 0 Å². The van der Waals surface area contributed by atoms with Gasteiger partial charge in [0.2, 0.25) is 0 Å². The number of halogens is 1. The maximum Gasteiger partial charge on any atom is 0.339 e. The van der Waals surface area contributed by atoms with Crippen molar-refractivity contribution in [3.05, 3.63) is 51.8 Å². The molecule has 4 nitrogen and oxygen atoms in total. The van der Waals surface area contributed by atoms with Gasteiger partial charge in [-0.15, -0.1) is 0 Å². The SMILES string of the molecule is CCc1c(C(=O)O)cnn1Cc1ccc(Br)cc1. The van der Waals surface area contributed by atoms with E-state index in [1.165, 1.54) is 6.20 Å². The van der Waals surface area contributed by atoms with Gasteiger partial charge in [0, 0.05) is 4.47 Å². The zero-order valence-corrected chi connectivity index (χ0v) is 11.5. The lowest BCUT2D eigenvalue weighted by Crippen LogP contribution is -2.08. The van der Waals surface area contributed by atoms with Gasteiger partial charge in [-0.2, -0.15) is 5.10 Å². The summed E-state index contributed by atoms with van der Waals surface area (Å²) in [5, 5.41) is 13.2. The standard InChI is InChI=1S/C13H13BrN2O2/c1-2-12-11(13(17)18)7-15-16(12)8-9-3-5-10(14)6-4-9/h3-7H,2,8H2,1H3,(H,17,18). The zero-order chi connectivity index (χ0) is 13.1. The van der Waals surface area contributed by atoms with E-state index in [4.69, 9.17) is 5.11 Å². The largest absolute Gasteiger partial charge is 0.478 e. The molecule has 0 amide bonds. The maximum absolute atomic E-state index is 11.0. The number of hydrogen-bond donors (Lipinski definition) is 1. The van der Waals surface area contributed by atoms with Crippen LogP contribution in [0.15, 0.2) is 34.9 Å². The van der Waals surface area contributed by atoms with Crippen molar-refractivity contribution in [3.63, 3.8) is 0 Å². The molecule has 1 aromatic carbocycles. The van der Waals surface area contributed by atoms with Crippen LogP contribution in [0.25, 0.3) is 0 Å². The molecule has 0 saturated heterocycles. The second-order valence-corrected chi connectivity index (χ2v) is 4.86. The fraction of sp³-hybridized carbons (Fsp3) is 0.231. The van der Waals surface area contributed by atoms with Crippen LogP contribution >= 0.6 is 15.9 Å². The number of carboxylic acid groups (broad SMARTS) is 1. The lowest BCUT2D eigenvalue weighted by atomic mass is 10.2. The molecule has 0 fully saturated rings. The fourth-order valence-corrected chi connectivity index (χ4v) is 2.13. The highest BCUT2D eigenvalue weighted by molar-refractivity contribution is 9.10. The predicted molar refractivity (Wildman–Crippen MR) is 71.8 cm³/mol. The lowest BCUT2D eigenvalue weighted by Gasteiger charge is -2.07. The quantitative estimate of drug-likeness (QED) is 0.944. The van der Waals surface area contributed by atoms with Gasteiger partial charge in [-0.05, 0) is 24.1 Å². The first kappa shape index (κ1) is 12.8. The fourth-order valence-electron chi connectivity index (χ4n) is 1.86. The number of benzene rings is 1. The summed E-state index contributed by atoms with van der Waals surface area (Å²) in [5.74, 6) is -0.922. The van der Waals surface area contributed by atoms with Crippen LogP contribution in [0.2, 0.25) is 0 Å². The minimum absolute atomic E-state index is 0.287. The van der Waals surface area contributed by atoms with E-state index >= 15 is 0 Å². The highest BCUT2D eigenvalue weighted by atomic mass is 79.9. The molecular weight excluding hydrogens is 296 g/mol. The molecule has 0 radical (unpaired) electrons. The van der Waals surface area contributed by atoms with Gasteiger partial charge in [0.15, 0.2) is 0 Å². The van der Waals surface area contributed by atoms with Gasteiger partial charge >= 0.3 is 5.97 Å². The lowest BCUT2D eigenvalue weighted by molar-refractivity contribution is 0.0695. The van der Waals surface area contributed by atoms with E-state index in [9.17, 15) is 4.79 Å². The van der Waals surface area contributed by atoms with Gasteiger partial charge in [-0.1, -0.05) is 35.0 Å². The molecule has 0 saturated carbocycles.